The average Bonchev–Trinajstić information content (AvgIpc) is 2.70. The van der Waals surface area contributed by atoms with Crippen LogP contribution >= 0.6 is 11.6 Å². The number of nitrogens with one attached hydrogen (secondary N) is 2. The lowest BCUT2D eigenvalue weighted by Crippen LogP contribution is -2.41. The number of sulfonamides is 1. The number of halogens is 2. The molecule has 3 aromatic rings. The van der Waals surface area contributed by atoms with Crippen LogP contribution in [0.1, 0.15) is 18.5 Å². The van der Waals surface area contributed by atoms with Crippen molar-refractivity contribution in [3.63, 3.8) is 0 Å². The van der Waals surface area contributed by atoms with Gasteiger partial charge in [-0.2, -0.15) is 0 Å². The Morgan fingerprint density at radius 2 is 1.94 bits per heavy atom. The minimum atomic E-state index is -3.85. The van der Waals surface area contributed by atoms with Gasteiger partial charge < -0.3 is 15.2 Å². The lowest BCUT2D eigenvalue weighted by Gasteiger charge is -2.30. The molecule has 2 amide bonds. The van der Waals surface area contributed by atoms with E-state index in [4.69, 9.17) is 16.7 Å². The maximum Gasteiger partial charge on any atom is 0.322 e. The lowest BCUT2D eigenvalue weighted by atomic mass is 10.0. The molecule has 4 N–H and O–H groups in total. The molecule has 0 saturated carbocycles. The number of aromatic amines is 1. The first-order valence-electron chi connectivity index (χ1n) is 9.20. The number of carbonyl (C=O) groups is 1. The van der Waals surface area contributed by atoms with E-state index in [1.54, 1.807) is 31.2 Å². The van der Waals surface area contributed by atoms with Gasteiger partial charge in [0.05, 0.1) is 16.8 Å². The molecule has 31 heavy (non-hydrogen) atoms. The molecule has 0 aliphatic rings. The van der Waals surface area contributed by atoms with E-state index in [0.717, 1.165) is 6.07 Å². The summed E-state index contributed by atoms with van der Waals surface area (Å²) in [5.41, 5.74) is 0.556. The summed E-state index contributed by atoms with van der Waals surface area (Å²) in [6, 6.07) is 9.26. The molecule has 0 radical (unpaired) electrons. The molecule has 1 atom stereocenters. The molecule has 8 nitrogen and oxygen atoms in total. The first-order valence-corrected chi connectivity index (χ1v) is 11.3. The molecule has 0 saturated heterocycles. The van der Waals surface area contributed by atoms with Crippen molar-refractivity contribution < 1.29 is 17.6 Å². The molecule has 2 aromatic carbocycles. The molecule has 1 unspecified atom stereocenters. The number of fused-ring (bicyclic) bond motifs is 1. The van der Waals surface area contributed by atoms with Gasteiger partial charge in [0.15, 0.2) is 0 Å². The van der Waals surface area contributed by atoms with Crippen LogP contribution in [0.4, 0.5) is 14.9 Å². The van der Waals surface area contributed by atoms with Gasteiger partial charge in [-0.05, 0) is 42.1 Å². The van der Waals surface area contributed by atoms with Crippen LogP contribution in [0.2, 0.25) is 5.02 Å². The van der Waals surface area contributed by atoms with Crippen molar-refractivity contribution in [3.05, 3.63) is 75.4 Å². The molecule has 1 aromatic heterocycles. The summed E-state index contributed by atoms with van der Waals surface area (Å²) >= 11 is 5.77. The molecule has 0 aliphatic carbocycles. The summed E-state index contributed by atoms with van der Waals surface area (Å²) in [5.74, 6) is -1.12. The van der Waals surface area contributed by atoms with E-state index in [-0.39, 0.29) is 22.8 Å². The number of nitrogens with zero attached hydrogens (tertiary/aromatic N) is 1. The monoisotopic (exact) mass is 466 g/mol. The number of hydrogen-bond donors (Lipinski definition) is 3. The second kappa shape index (κ2) is 9.04. The van der Waals surface area contributed by atoms with Gasteiger partial charge in [-0.3, -0.25) is 4.79 Å². The average molecular weight is 467 g/mol. The van der Waals surface area contributed by atoms with E-state index in [1.165, 1.54) is 23.2 Å². The second-order valence-corrected chi connectivity index (χ2v) is 9.06. The lowest BCUT2D eigenvalue weighted by molar-refractivity contribution is 0.197. The number of urea groups is 1. The van der Waals surface area contributed by atoms with Crippen molar-refractivity contribution in [2.75, 3.05) is 17.6 Å². The Kier molecular flexibility index (Phi) is 6.63. The first-order chi connectivity index (χ1) is 14.6. The number of H-pyrrole nitrogens is 1. The number of primary sulfonamides is 1. The van der Waals surface area contributed by atoms with Crippen molar-refractivity contribution in [1.82, 2.24) is 9.88 Å². The summed E-state index contributed by atoms with van der Waals surface area (Å²) in [4.78, 5) is 29.0. The molecule has 0 bridgehead atoms. The normalized spacial score (nSPS) is 12.5. The van der Waals surface area contributed by atoms with Gasteiger partial charge >= 0.3 is 6.03 Å². The van der Waals surface area contributed by atoms with Crippen LogP contribution < -0.4 is 16.0 Å². The van der Waals surface area contributed by atoms with Crippen molar-refractivity contribution in [2.45, 2.75) is 13.0 Å². The van der Waals surface area contributed by atoms with Gasteiger partial charge in [0.2, 0.25) is 10.0 Å². The second-order valence-electron chi connectivity index (χ2n) is 6.91. The number of carbonyl (C=O) groups excluding carboxylic acids is 1. The Morgan fingerprint density at radius 1 is 1.26 bits per heavy atom. The SMILES string of the molecule is CC(c1c[nH]c(=O)c2ccccc12)N(CCS(N)(=O)=O)C(=O)Nc1ccc(F)c(Cl)c1. The van der Waals surface area contributed by atoms with Crippen LogP contribution in [-0.4, -0.2) is 36.6 Å². The van der Waals surface area contributed by atoms with Crippen molar-refractivity contribution in [3.8, 4) is 0 Å². The smallest absolute Gasteiger partial charge is 0.322 e. The van der Waals surface area contributed by atoms with E-state index in [2.05, 4.69) is 10.3 Å². The largest absolute Gasteiger partial charge is 0.328 e. The highest BCUT2D eigenvalue weighted by atomic mass is 35.5. The number of hydrogen-bond acceptors (Lipinski definition) is 4. The Morgan fingerprint density at radius 3 is 2.58 bits per heavy atom. The third-order valence-electron chi connectivity index (χ3n) is 4.81. The fourth-order valence-electron chi connectivity index (χ4n) is 3.21. The van der Waals surface area contributed by atoms with Gasteiger partial charge in [-0.15, -0.1) is 0 Å². The zero-order valence-corrected chi connectivity index (χ0v) is 18.0. The Hall–Kier alpha value is -2.95. The highest BCUT2D eigenvalue weighted by Crippen LogP contribution is 2.27. The predicted molar refractivity (Wildman–Crippen MR) is 118 cm³/mol. The van der Waals surface area contributed by atoms with Gasteiger partial charge in [0.25, 0.3) is 5.56 Å². The van der Waals surface area contributed by atoms with E-state index in [0.29, 0.717) is 16.3 Å². The summed E-state index contributed by atoms with van der Waals surface area (Å²) in [6.07, 6.45) is 1.49. The molecule has 0 spiro atoms. The van der Waals surface area contributed by atoms with Crippen LogP contribution in [-0.2, 0) is 10.0 Å². The van der Waals surface area contributed by atoms with E-state index in [1.807, 2.05) is 0 Å². The number of nitrogens with two attached hydrogens (primary N) is 1. The summed E-state index contributed by atoms with van der Waals surface area (Å²) in [7, 11) is -3.85. The van der Waals surface area contributed by atoms with Crippen LogP contribution in [0, 0.1) is 5.82 Å². The van der Waals surface area contributed by atoms with E-state index < -0.39 is 33.7 Å². The third-order valence-corrected chi connectivity index (χ3v) is 5.85. The molecule has 3 rings (SSSR count). The number of amides is 2. The molecule has 11 heteroatoms. The highest BCUT2D eigenvalue weighted by Gasteiger charge is 2.25. The van der Waals surface area contributed by atoms with E-state index >= 15 is 0 Å². The minimum absolute atomic E-state index is 0.173. The van der Waals surface area contributed by atoms with Gasteiger partial charge in [-0.25, -0.2) is 22.7 Å². The van der Waals surface area contributed by atoms with Crippen molar-refractivity contribution in [1.29, 1.82) is 0 Å². The molecule has 164 valence electrons. The Balaban J connectivity index is 1.98. The number of pyridine rings is 1. The summed E-state index contributed by atoms with van der Waals surface area (Å²) < 4.78 is 36.5. The maximum atomic E-state index is 13.4. The Bertz CT molecular complexity index is 1300. The zero-order chi connectivity index (χ0) is 22.8. The number of rotatable bonds is 6. The summed E-state index contributed by atoms with van der Waals surface area (Å²) in [6.45, 7) is 1.48. The molecular formula is C20H20ClFN4O4S. The van der Waals surface area contributed by atoms with Crippen LogP contribution in [0.5, 0.6) is 0 Å². The maximum absolute atomic E-state index is 13.4. The topological polar surface area (TPSA) is 125 Å². The zero-order valence-electron chi connectivity index (χ0n) is 16.4. The molecule has 0 fully saturated rings. The molecule has 0 aliphatic heterocycles. The van der Waals surface area contributed by atoms with Crippen LogP contribution in [0.25, 0.3) is 10.8 Å². The fourth-order valence-corrected chi connectivity index (χ4v) is 3.84. The number of anilines is 1. The van der Waals surface area contributed by atoms with E-state index in [9.17, 15) is 22.4 Å². The predicted octanol–water partition coefficient (Wildman–Crippen LogP) is 3.20. The molecule has 1 heterocycles. The fraction of sp³-hybridized carbons (Fsp3) is 0.200. The highest BCUT2D eigenvalue weighted by molar-refractivity contribution is 7.89. The molecular weight excluding hydrogens is 447 g/mol. The van der Waals surface area contributed by atoms with Crippen molar-refractivity contribution in [2.24, 2.45) is 5.14 Å². The van der Waals surface area contributed by atoms with Gasteiger partial charge in [-0.1, -0.05) is 29.8 Å². The van der Waals surface area contributed by atoms with Crippen molar-refractivity contribution >= 4 is 44.1 Å². The number of aromatic nitrogens is 1. The first kappa shape index (κ1) is 22.7. The standard InChI is InChI=1S/C20H20ClFN4O4S/c1-12(16-11-24-19(27)15-5-3-2-4-14(15)16)26(8-9-31(23,29)30)20(28)25-13-6-7-18(22)17(21)10-13/h2-7,10-12H,8-9H2,1H3,(H,24,27)(H,25,28)(H2,23,29,30). The van der Waals surface area contributed by atoms with Gasteiger partial charge in [0, 0.05) is 23.8 Å². The minimum Gasteiger partial charge on any atom is -0.328 e. The van der Waals surface area contributed by atoms with Gasteiger partial charge in [0.1, 0.15) is 5.82 Å². The van der Waals surface area contributed by atoms with Crippen LogP contribution in [0.3, 0.4) is 0 Å². The third kappa shape index (κ3) is 5.40. The quantitative estimate of drug-likeness (QED) is 0.515. The number of benzene rings is 2. The Labute approximate surface area is 182 Å². The summed E-state index contributed by atoms with van der Waals surface area (Å²) in [5, 5.41) is 8.60. The van der Waals surface area contributed by atoms with Crippen LogP contribution in [0.15, 0.2) is 53.5 Å².